The minimum absolute atomic E-state index is 0.291. The highest BCUT2D eigenvalue weighted by atomic mass is 79.9. The van der Waals surface area contributed by atoms with Crippen LogP contribution in [0.3, 0.4) is 0 Å². The molecule has 3 amide bonds. The molecule has 9 heteroatoms. The number of benzene rings is 3. The Bertz CT molecular complexity index is 1400. The van der Waals surface area contributed by atoms with Crippen molar-refractivity contribution in [3.63, 3.8) is 0 Å². The second-order valence-corrected chi connectivity index (χ2v) is 9.45. The molecule has 0 saturated heterocycles. The molecule has 170 valence electrons. The third kappa shape index (κ3) is 5.72. The van der Waals surface area contributed by atoms with E-state index in [1.807, 2.05) is 48.5 Å². The topological polar surface area (TPSA) is 87.3 Å². The van der Waals surface area contributed by atoms with Gasteiger partial charge in [0.1, 0.15) is 4.88 Å². The molecule has 4 aromatic rings. The summed E-state index contributed by atoms with van der Waals surface area (Å²) in [5.74, 6) is -1.31. The van der Waals surface area contributed by atoms with Crippen LogP contribution in [0.2, 0.25) is 5.02 Å². The second kappa shape index (κ2) is 10.6. The van der Waals surface area contributed by atoms with Crippen molar-refractivity contribution in [2.75, 3.05) is 5.32 Å². The van der Waals surface area contributed by atoms with Gasteiger partial charge in [-0.25, -0.2) is 0 Å². The van der Waals surface area contributed by atoms with Gasteiger partial charge in [0.05, 0.1) is 5.02 Å². The van der Waals surface area contributed by atoms with E-state index in [1.165, 1.54) is 17.4 Å². The zero-order valence-corrected chi connectivity index (χ0v) is 20.6. The van der Waals surface area contributed by atoms with Crippen LogP contribution in [0.15, 0.2) is 83.3 Å². The Labute approximate surface area is 212 Å². The van der Waals surface area contributed by atoms with Crippen LogP contribution >= 0.6 is 38.9 Å². The third-order valence-corrected chi connectivity index (χ3v) is 6.88. The number of carbonyl (C=O) groups is 3. The Morgan fingerprint density at radius 1 is 0.882 bits per heavy atom. The first-order valence-corrected chi connectivity index (χ1v) is 12.0. The van der Waals surface area contributed by atoms with Gasteiger partial charge in [0.2, 0.25) is 5.91 Å². The van der Waals surface area contributed by atoms with E-state index in [-0.39, 0.29) is 5.91 Å². The Balaban J connectivity index is 1.33. The molecule has 6 nitrogen and oxygen atoms in total. The van der Waals surface area contributed by atoms with Crippen molar-refractivity contribution in [2.24, 2.45) is 0 Å². The van der Waals surface area contributed by atoms with E-state index in [0.717, 1.165) is 20.1 Å². The van der Waals surface area contributed by atoms with Gasteiger partial charge in [-0.05, 0) is 48.0 Å². The normalized spacial score (nSPS) is 10.9. The maximum atomic E-state index is 12.5. The number of hydrogen-bond acceptors (Lipinski definition) is 4. The van der Waals surface area contributed by atoms with Gasteiger partial charge in [0.25, 0.3) is 11.8 Å². The number of hydrogen-bond donors (Lipinski definition) is 3. The van der Waals surface area contributed by atoms with Crippen molar-refractivity contribution >= 4 is 78.4 Å². The molecule has 3 aromatic carbocycles. The molecule has 3 N–H and O–H groups in total. The third-order valence-electron chi connectivity index (χ3n) is 4.73. The molecule has 0 fully saturated rings. The molecular formula is C25H17BrClN3O3S. The smallest absolute Gasteiger partial charge is 0.281 e. The fourth-order valence-electron chi connectivity index (χ4n) is 3.05. The number of amides is 3. The second-order valence-electron chi connectivity index (χ2n) is 7.10. The van der Waals surface area contributed by atoms with Crippen molar-refractivity contribution in [3.05, 3.63) is 104 Å². The summed E-state index contributed by atoms with van der Waals surface area (Å²) >= 11 is 11.0. The van der Waals surface area contributed by atoms with Gasteiger partial charge in [-0.1, -0.05) is 63.9 Å². The maximum absolute atomic E-state index is 12.5. The average molecular weight is 555 g/mol. The SMILES string of the molecule is O=C(/C=C/c1ccccc1)Nc1ccc(C(=O)NNC(=O)c2sc3cc(Br)ccc3c2Cl)cc1. The number of carbonyl (C=O) groups excluding carboxylic acids is 3. The highest BCUT2D eigenvalue weighted by molar-refractivity contribution is 9.10. The van der Waals surface area contributed by atoms with Crippen molar-refractivity contribution < 1.29 is 14.4 Å². The van der Waals surface area contributed by atoms with E-state index < -0.39 is 11.8 Å². The lowest BCUT2D eigenvalue weighted by atomic mass is 10.2. The molecule has 34 heavy (non-hydrogen) atoms. The van der Waals surface area contributed by atoms with Crippen LogP contribution in [0.1, 0.15) is 25.6 Å². The maximum Gasteiger partial charge on any atom is 0.281 e. The lowest BCUT2D eigenvalue weighted by Gasteiger charge is -2.08. The average Bonchev–Trinajstić information content (AvgIpc) is 3.17. The minimum Gasteiger partial charge on any atom is -0.323 e. The van der Waals surface area contributed by atoms with Crippen LogP contribution in [0, 0.1) is 0 Å². The zero-order valence-electron chi connectivity index (χ0n) is 17.5. The van der Waals surface area contributed by atoms with Crippen molar-refractivity contribution in [3.8, 4) is 0 Å². The van der Waals surface area contributed by atoms with E-state index in [1.54, 1.807) is 30.3 Å². The summed E-state index contributed by atoms with van der Waals surface area (Å²) in [4.78, 5) is 37.3. The fraction of sp³-hybridized carbons (Fsp3) is 0. The molecule has 0 bridgehead atoms. The summed E-state index contributed by atoms with van der Waals surface area (Å²) in [6, 6.07) is 21.3. The van der Waals surface area contributed by atoms with Crippen LogP contribution in [-0.4, -0.2) is 17.7 Å². The van der Waals surface area contributed by atoms with Crippen LogP contribution in [0.4, 0.5) is 5.69 Å². The zero-order chi connectivity index (χ0) is 24.1. The molecule has 0 aliphatic rings. The van der Waals surface area contributed by atoms with Gasteiger partial charge in [0.15, 0.2) is 0 Å². The Morgan fingerprint density at radius 2 is 1.59 bits per heavy atom. The monoisotopic (exact) mass is 553 g/mol. The summed E-state index contributed by atoms with van der Waals surface area (Å²) < 4.78 is 1.73. The van der Waals surface area contributed by atoms with Gasteiger partial charge in [-0.15, -0.1) is 11.3 Å². The Morgan fingerprint density at radius 3 is 2.32 bits per heavy atom. The molecule has 1 heterocycles. The standard InChI is InChI=1S/C25H17BrClN3O3S/c26-17-9-12-19-20(14-17)34-23(22(19)27)25(33)30-29-24(32)16-7-10-18(11-8-16)28-21(31)13-6-15-4-2-1-3-5-15/h1-14H,(H,28,31)(H,29,32)(H,30,33)/b13-6+. The molecule has 1 aromatic heterocycles. The summed E-state index contributed by atoms with van der Waals surface area (Å²) in [6.07, 6.45) is 3.14. The molecule has 0 unspecified atom stereocenters. The van der Waals surface area contributed by atoms with Crippen LogP contribution < -0.4 is 16.2 Å². The molecular weight excluding hydrogens is 538 g/mol. The summed E-state index contributed by atoms with van der Waals surface area (Å²) in [5, 5.41) is 3.83. The van der Waals surface area contributed by atoms with Gasteiger partial charge in [0, 0.05) is 31.9 Å². The first-order valence-electron chi connectivity index (χ1n) is 10.0. The van der Waals surface area contributed by atoms with Gasteiger partial charge in [-0.2, -0.15) is 0 Å². The van der Waals surface area contributed by atoms with Gasteiger partial charge in [-0.3, -0.25) is 25.2 Å². The van der Waals surface area contributed by atoms with E-state index in [4.69, 9.17) is 11.6 Å². The number of halogens is 2. The Kier molecular flexibility index (Phi) is 7.42. The summed E-state index contributed by atoms with van der Waals surface area (Å²) in [5.41, 5.74) is 6.53. The number of hydrazine groups is 1. The molecule has 0 radical (unpaired) electrons. The number of rotatable bonds is 5. The summed E-state index contributed by atoms with van der Waals surface area (Å²) in [6.45, 7) is 0. The highest BCUT2D eigenvalue weighted by Gasteiger charge is 2.18. The van der Waals surface area contributed by atoms with Crippen LogP contribution in [0.25, 0.3) is 16.2 Å². The van der Waals surface area contributed by atoms with Crippen LogP contribution in [-0.2, 0) is 4.79 Å². The molecule has 0 saturated carbocycles. The van der Waals surface area contributed by atoms with Crippen molar-refractivity contribution in [1.82, 2.24) is 10.9 Å². The number of nitrogens with one attached hydrogen (secondary N) is 3. The molecule has 0 spiro atoms. The fourth-order valence-corrected chi connectivity index (χ4v) is 5.02. The lowest BCUT2D eigenvalue weighted by Crippen LogP contribution is -2.41. The van der Waals surface area contributed by atoms with Crippen molar-refractivity contribution in [2.45, 2.75) is 0 Å². The summed E-state index contributed by atoms with van der Waals surface area (Å²) in [7, 11) is 0. The predicted molar refractivity (Wildman–Crippen MR) is 140 cm³/mol. The largest absolute Gasteiger partial charge is 0.323 e. The predicted octanol–water partition coefficient (Wildman–Crippen LogP) is 6.04. The Hall–Kier alpha value is -3.46. The molecule has 0 atom stereocenters. The first-order chi connectivity index (χ1) is 16.4. The number of anilines is 1. The van der Waals surface area contributed by atoms with Crippen LogP contribution in [0.5, 0.6) is 0 Å². The van der Waals surface area contributed by atoms with E-state index in [2.05, 4.69) is 32.1 Å². The lowest BCUT2D eigenvalue weighted by molar-refractivity contribution is -0.111. The molecule has 0 aliphatic heterocycles. The highest BCUT2D eigenvalue weighted by Crippen LogP contribution is 2.36. The molecule has 4 rings (SSSR count). The van der Waals surface area contributed by atoms with Gasteiger partial charge < -0.3 is 5.32 Å². The van der Waals surface area contributed by atoms with E-state index in [0.29, 0.717) is 21.2 Å². The minimum atomic E-state index is -0.509. The van der Waals surface area contributed by atoms with E-state index >= 15 is 0 Å². The molecule has 0 aliphatic carbocycles. The first kappa shape index (κ1) is 23.7. The number of thiophene rings is 1. The quantitative estimate of drug-likeness (QED) is 0.207. The van der Waals surface area contributed by atoms with Crippen molar-refractivity contribution in [1.29, 1.82) is 0 Å². The van der Waals surface area contributed by atoms with E-state index in [9.17, 15) is 14.4 Å². The van der Waals surface area contributed by atoms with Gasteiger partial charge >= 0.3 is 0 Å². The number of fused-ring (bicyclic) bond motifs is 1.